The highest BCUT2D eigenvalue weighted by atomic mass is 16.5. The third kappa shape index (κ3) is 4.46. The second-order valence-corrected chi connectivity index (χ2v) is 7.33. The van der Waals surface area contributed by atoms with Gasteiger partial charge in [0.15, 0.2) is 5.78 Å². The van der Waals surface area contributed by atoms with E-state index in [4.69, 9.17) is 4.74 Å². The Morgan fingerprint density at radius 1 is 1.03 bits per heavy atom. The van der Waals surface area contributed by atoms with Crippen LogP contribution in [0.5, 0.6) is 5.75 Å². The lowest BCUT2D eigenvalue weighted by atomic mass is 10.0. The van der Waals surface area contributed by atoms with Crippen molar-refractivity contribution < 1.29 is 9.53 Å². The average Bonchev–Trinajstić information content (AvgIpc) is 2.80. The van der Waals surface area contributed by atoms with E-state index in [0.29, 0.717) is 5.56 Å². The Kier molecular flexibility index (Phi) is 5.99. The molecule has 1 aliphatic rings. The standard InChI is InChI=1S/C23H25N5O2/c1-17(29)19-5-6-21(26-15-19)20-14-18(4-7-22(20)30-2)16-27-10-12-28(13-11-27)23-24-8-3-9-25-23/h3-9,14-15H,10-13,16H2,1-2H3. The van der Waals surface area contributed by atoms with Crippen molar-refractivity contribution in [3.05, 3.63) is 66.1 Å². The number of Topliss-reactive ketones (excluding diaryl/α,β-unsaturated/α-hetero) is 1. The van der Waals surface area contributed by atoms with E-state index in [2.05, 4.69) is 36.9 Å². The predicted molar refractivity (Wildman–Crippen MR) is 116 cm³/mol. The normalized spacial score (nSPS) is 14.5. The van der Waals surface area contributed by atoms with Crippen LogP contribution in [0, 0.1) is 0 Å². The third-order valence-electron chi connectivity index (χ3n) is 5.32. The molecule has 30 heavy (non-hydrogen) atoms. The Morgan fingerprint density at radius 3 is 2.43 bits per heavy atom. The van der Waals surface area contributed by atoms with Gasteiger partial charge < -0.3 is 9.64 Å². The summed E-state index contributed by atoms with van der Waals surface area (Å²) in [6.45, 7) is 6.10. The predicted octanol–water partition coefficient (Wildman–Crippen LogP) is 3.07. The first-order valence-corrected chi connectivity index (χ1v) is 10.0. The molecule has 0 N–H and O–H groups in total. The number of ketones is 1. The number of piperazine rings is 1. The van der Waals surface area contributed by atoms with E-state index in [-0.39, 0.29) is 5.78 Å². The quantitative estimate of drug-likeness (QED) is 0.586. The lowest BCUT2D eigenvalue weighted by Gasteiger charge is -2.34. The molecule has 0 amide bonds. The van der Waals surface area contributed by atoms with E-state index in [0.717, 1.165) is 55.7 Å². The molecule has 7 nitrogen and oxygen atoms in total. The molecule has 0 atom stereocenters. The van der Waals surface area contributed by atoms with Gasteiger partial charge in [-0.25, -0.2) is 9.97 Å². The van der Waals surface area contributed by atoms with Gasteiger partial charge in [0.25, 0.3) is 0 Å². The van der Waals surface area contributed by atoms with Crippen LogP contribution in [0.4, 0.5) is 5.95 Å². The van der Waals surface area contributed by atoms with Gasteiger partial charge in [0, 0.05) is 62.4 Å². The van der Waals surface area contributed by atoms with Crippen molar-refractivity contribution in [1.82, 2.24) is 19.9 Å². The van der Waals surface area contributed by atoms with Gasteiger partial charge in [-0.05, 0) is 42.8 Å². The Bertz CT molecular complexity index is 1000. The van der Waals surface area contributed by atoms with Gasteiger partial charge in [0.05, 0.1) is 12.8 Å². The fraction of sp³-hybridized carbons (Fsp3) is 0.304. The van der Waals surface area contributed by atoms with Crippen molar-refractivity contribution in [3.8, 4) is 17.0 Å². The minimum absolute atomic E-state index is 0.00908. The molecule has 1 fully saturated rings. The van der Waals surface area contributed by atoms with Crippen molar-refractivity contribution >= 4 is 11.7 Å². The van der Waals surface area contributed by atoms with E-state index in [1.807, 2.05) is 24.3 Å². The Morgan fingerprint density at radius 2 is 1.80 bits per heavy atom. The van der Waals surface area contributed by atoms with Gasteiger partial charge in [-0.3, -0.25) is 14.7 Å². The molecule has 0 unspecified atom stereocenters. The maximum absolute atomic E-state index is 11.5. The molecule has 0 spiro atoms. The molecule has 154 valence electrons. The number of ether oxygens (including phenoxy) is 1. The summed E-state index contributed by atoms with van der Waals surface area (Å²) in [4.78, 5) is 29.3. The van der Waals surface area contributed by atoms with Crippen LogP contribution in [0.3, 0.4) is 0 Å². The number of anilines is 1. The number of hydrogen-bond donors (Lipinski definition) is 0. The van der Waals surface area contributed by atoms with Crippen molar-refractivity contribution in [2.75, 3.05) is 38.2 Å². The summed E-state index contributed by atoms with van der Waals surface area (Å²) in [5.74, 6) is 1.58. The molecule has 1 aliphatic heterocycles. The molecule has 4 rings (SSSR count). The number of carbonyl (C=O) groups is 1. The smallest absolute Gasteiger partial charge is 0.225 e. The van der Waals surface area contributed by atoms with Gasteiger partial charge in [-0.15, -0.1) is 0 Å². The minimum atomic E-state index is 0.00908. The highest BCUT2D eigenvalue weighted by Crippen LogP contribution is 2.30. The molecular formula is C23H25N5O2. The van der Waals surface area contributed by atoms with E-state index >= 15 is 0 Å². The molecule has 0 bridgehead atoms. The number of aromatic nitrogens is 3. The Balaban J connectivity index is 1.46. The third-order valence-corrected chi connectivity index (χ3v) is 5.32. The van der Waals surface area contributed by atoms with Crippen LogP contribution in [0.25, 0.3) is 11.3 Å². The minimum Gasteiger partial charge on any atom is -0.496 e. The monoisotopic (exact) mass is 403 g/mol. The van der Waals surface area contributed by atoms with Gasteiger partial charge in [-0.1, -0.05) is 6.07 Å². The molecule has 1 saturated heterocycles. The maximum Gasteiger partial charge on any atom is 0.225 e. The van der Waals surface area contributed by atoms with Crippen LogP contribution in [0.1, 0.15) is 22.8 Å². The highest BCUT2D eigenvalue weighted by Gasteiger charge is 2.19. The zero-order valence-corrected chi connectivity index (χ0v) is 17.3. The van der Waals surface area contributed by atoms with Crippen LogP contribution in [0.2, 0.25) is 0 Å². The molecule has 0 aliphatic carbocycles. The summed E-state index contributed by atoms with van der Waals surface area (Å²) < 4.78 is 5.54. The SMILES string of the molecule is COc1ccc(CN2CCN(c3ncccn3)CC2)cc1-c1ccc(C(C)=O)cn1. The summed E-state index contributed by atoms with van der Waals surface area (Å²) in [7, 11) is 1.66. The van der Waals surface area contributed by atoms with Gasteiger partial charge in [0.2, 0.25) is 5.95 Å². The Labute approximate surface area is 176 Å². The summed E-state index contributed by atoms with van der Waals surface area (Å²) in [6.07, 6.45) is 5.18. The lowest BCUT2D eigenvalue weighted by molar-refractivity contribution is 0.101. The largest absolute Gasteiger partial charge is 0.496 e. The van der Waals surface area contributed by atoms with Crippen molar-refractivity contribution in [1.29, 1.82) is 0 Å². The number of benzene rings is 1. The molecule has 0 saturated carbocycles. The van der Waals surface area contributed by atoms with Crippen LogP contribution < -0.4 is 9.64 Å². The van der Waals surface area contributed by atoms with Gasteiger partial charge in [0.1, 0.15) is 5.75 Å². The number of hydrogen-bond acceptors (Lipinski definition) is 7. The topological polar surface area (TPSA) is 71.5 Å². The first kappa shape index (κ1) is 20.0. The van der Waals surface area contributed by atoms with Gasteiger partial charge in [-0.2, -0.15) is 0 Å². The molecule has 3 aromatic rings. The van der Waals surface area contributed by atoms with Crippen molar-refractivity contribution in [2.45, 2.75) is 13.5 Å². The summed E-state index contributed by atoms with van der Waals surface area (Å²) in [6, 6.07) is 11.7. The van der Waals surface area contributed by atoms with Crippen molar-refractivity contribution in [3.63, 3.8) is 0 Å². The highest BCUT2D eigenvalue weighted by molar-refractivity contribution is 5.94. The summed E-state index contributed by atoms with van der Waals surface area (Å²) >= 11 is 0. The molecule has 1 aromatic carbocycles. The van der Waals surface area contributed by atoms with Gasteiger partial charge >= 0.3 is 0 Å². The number of rotatable bonds is 6. The van der Waals surface area contributed by atoms with E-state index in [9.17, 15) is 4.79 Å². The van der Waals surface area contributed by atoms with Crippen molar-refractivity contribution in [2.24, 2.45) is 0 Å². The fourth-order valence-electron chi connectivity index (χ4n) is 3.63. The van der Waals surface area contributed by atoms with Crippen LogP contribution >= 0.6 is 0 Å². The summed E-state index contributed by atoms with van der Waals surface area (Å²) in [5, 5.41) is 0. The number of methoxy groups -OCH3 is 1. The maximum atomic E-state index is 11.5. The van der Waals surface area contributed by atoms with E-state index < -0.39 is 0 Å². The molecule has 2 aromatic heterocycles. The number of carbonyl (C=O) groups excluding carboxylic acids is 1. The first-order chi connectivity index (χ1) is 14.6. The van der Waals surface area contributed by atoms with Crippen LogP contribution in [0.15, 0.2) is 55.0 Å². The molecular weight excluding hydrogens is 378 g/mol. The first-order valence-electron chi connectivity index (χ1n) is 10.0. The zero-order chi connectivity index (χ0) is 20.9. The second-order valence-electron chi connectivity index (χ2n) is 7.33. The number of nitrogens with zero attached hydrogens (tertiary/aromatic N) is 5. The molecule has 0 radical (unpaired) electrons. The fourth-order valence-corrected chi connectivity index (χ4v) is 3.63. The molecule has 7 heteroatoms. The number of pyridine rings is 1. The second kappa shape index (κ2) is 9.00. The Hall–Kier alpha value is -3.32. The van der Waals surface area contributed by atoms with Crippen LogP contribution in [-0.4, -0.2) is 58.9 Å². The van der Waals surface area contributed by atoms with E-state index in [1.54, 1.807) is 32.6 Å². The zero-order valence-electron chi connectivity index (χ0n) is 17.3. The average molecular weight is 403 g/mol. The lowest BCUT2D eigenvalue weighted by Crippen LogP contribution is -2.46. The molecule has 3 heterocycles. The van der Waals surface area contributed by atoms with E-state index in [1.165, 1.54) is 5.56 Å². The van der Waals surface area contributed by atoms with Crippen LogP contribution in [-0.2, 0) is 6.54 Å². The summed E-state index contributed by atoms with van der Waals surface area (Å²) in [5.41, 5.74) is 3.54.